The first kappa shape index (κ1) is 21.5. The number of rotatable bonds is 10. The van der Waals surface area contributed by atoms with Gasteiger partial charge in [0.15, 0.2) is 5.34 Å². The molecule has 29 heavy (non-hydrogen) atoms. The molecule has 0 N–H and O–H groups in total. The van der Waals surface area contributed by atoms with Crippen molar-refractivity contribution in [2.45, 2.75) is 25.9 Å². The standard InChI is InChI=1S/C18H19N5O6/c1-3-27-17(25)15(18(28-4-2)29-22-26)23-13(14(16(23)24)20-21-19)11-10-12-8-6-5-7-9-12/h5-11,13-14H,3-4H2,1-2H3/b11-10+,18-15-/t13-,14+/m1/s1. The first-order valence-corrected chi connectivity index (χ1v) is 8.73. The lowest BCUT2D eigenvalue weighted by Gasteiger charge is -2.43. The van der Waals surface area contributed by atoms with Gasteiger partial charge in [0, 0.05) is 4.91 Å². The molecule has 1 aliphatic rings. The second kappa shape index (κ2) is 10.5. The summed E-state index contributed by atoms with van der Waals surface area (Å²) < 4.78 is 10.1. The van der Waals surface area contributed by atoms with Crippen LogP contribution in [-0.2, 0) is 23.9 Å². The van der Waals surface area contributed by atoms with Crippen molar-refractivity contribution < 1.29 is 23.9 Å². The van der Waals surface area contributed by atoms with Gasteiger partial charge in [0.1, 0.15) is 6.04 Å². The van der Waals surface area contributed by atoms with Crippen LogP contribution in [-0.4, -0.2) is 42.1 Å². The van der Waals surface area contributed by atoms with Gasteiger partial charge >= 0.3 is 11.9 Å². The van der Waals surface area contributed by atoms with Crippen LogP contribution in [0.4, 0.5) is 0 Å². The molecule has 152 valence electrons. The van der Waals surface area contributed by atoms with Crippen molar-refractivity contribution in [2.75, 3.05) is 13.2 Å². The molecule has 0 aromatic heterocycles. The van der Waals surface area contributed by atoms with Crippen LogP contribution in [0.3, 0.4) is 0 Å². The first-order valence-electron chi connectivity index (χ1n) is 8.73. The molecule has 11 nitrogen and oxygen atoms in total. The summed E-state index contributed by atoms with van der Waals surface area (Å²) in [5.41, 5.74) is 9.16. The molecule has 0 spiro atoms. The second-order valence-electron chi connectivity index (χ2n) is 5.57. The van der Waals surface area contributed by atoms with E-state index in [1.807, 2.05) is 30.3 Å². The average Bonchev–Trinajstić information content (AvgIpc) is 2.72. The summed E-state index contributed by atoms with van der Waals surface area (Å²) in [6, 6.07) is 7.25. The first-order chi connectivity index (χ1) is 14.1. The highest BCUT2D eigenvalue weighted by molar-refractivity contribution is 6.00. The third-order valence-corrected chi connectivity index (χ3v) is 3.87. The van der Waals surface area contributed by atoms with Gasteiger partial charge in [-0.25, -0.2) is 4.79 Å². The van der Waals surface area contributed by atoms with Gasteiger partial charge in [-0.05, 0) is 24.9 Å². The van der Waals surface area contributed by atoms with E-state index in [1.165, 1.54) is 0 Å². The van der Waals surface area contributed by atoms with Gasteiger partial charge < -0.3 is 9.47 Å². The number of ether oxygens (including phenoxy) is 2. The summed E-state index contributed by atoms with van der Waals surface area (Å²) in [5, 5.41) is 5.77. The number of azide groups is 1. The maximum atomic E-state index is 12.6. The largest absolute Gasteiger partial charge is 0.462 e. The quantitative estimate of drug-likeness (QED) is 0.0678. The SMILES string of the molecule is CCOC(=O)/C(=C(\OCC)ON=O)N1C(=O)[C@@H](N=[N+]=[N-])[C@H]1/C=C/c1ccccc1. The average molecular weight is 401 g/mol. The fraction of sp³-hybridized carbons (Fsp3) is 0.333. The molecule has 2 atom stereocenters. The lowest BCUT2D eigenvalue weighted by atomic mass is 9.93. The van der Waals surface area contributed by atoms with E-state index in [0.717, 1.165) is 10.5 Å². The molecule has 0 bridgehead atoms. The molecule has 1 saturated heterocycles. The van der Waals surface area contributed by atoms with E-state index < -0.39 is 35.6 Å². The Labute approximate surface area is 166 Å². The number of nitrogens with zero attached hydrogens (tertiary/aromatic N) is 5. The third-order valence-electron chi connectivity index (χ3n) is 3.87. The molecule has 1 fully saturated rings. The van der Waals surface area contributed by atoms with Gasteiger partial charge in [0.2, 0.25) is 11.6 Å². The number of esters is 1. The molecule has 1 aromatic carbocycles. The van der Waals surface area contributed by atoms with Crippen molar-refractivity contribution in [3.63, 3.8) is 0 Å². The molecule has 0 unspecified atom stereocenters. The number of hydrogen-bond donors (Lipinski definition) is 0. The maximum Gasteiger partial charge on any atom is 0.362 e. The van der Waals surface area contributed by atoms with Crippen LogP contribution >= 0.6 is 0 Å². The van der Waals surface area contributed by atoms with Crippen LogP contribution in [0, 0.1) is 4.91 Å². The van der Waals surface area contributed by atoms with Gasteiger partial charge in [-0.2, -0.15) is 0 Å². The van der Waals surface area contributed by atoms with E-state index in [2.05, 4.69) is 20.2 Å². The van der Waals surface area contributed by atoms with Crippen molar-refractivity contribution in [1.82, 2.24) is 4.90 Å². The zero-order valence-corrected chi connectivity index (χ0v) is 15.8. The molecule has 11 heteroatoms. The summed E-state index contributed by atoms with van der Waals surface area (Å²) in [7, 11) is 0. The Hall–Kier alpha value is -3.85. The second-order valence-corrected chi connectivity index (χ2v) is 5.57. The normalized spacial score (nSPS) is 19.0. The van der Waals surface area contributed by atoms with E-state index in [4.69, 9.17) is 15.0 Å². The zero-order chi connectivity index (χ0) is 21.2. The van der Waals surface area contributed by atoms with Crippen molar-refractivity contribution in [3.8, 4) is 0 Å². The van der Waals surface area contributed by atoms with E-state index in [0.29, 0.717) is 0 Å². The molecule has 1 heterocycles. The number of likely N-dealkylation sites (tertiary alicyclic amines) is 1. The molecule has 1 amide bonds. The highest BCUT2D eigenvalue weighted by atomic mass is 16.8. The number of hydrogen-bond acceptors (Lipinski definition) is 8. The number of amides is 1. The Morgan fingerprint density at radius 2 is 1.93 bits per heavy atom. The molecule has 0 radical (unpaired) electrons. The minimum atomic E-state index is -1.09. The predicted molar refractivity (Wildman–Crippen MR) is 101 cm³/mol. The van der Waals surface area contributed by atoms with Crippen LogP contribution in [0.15, 0.2) is 58.5 Å². The van der Waals surface area contributed by atoms with Crippen LogP contribution in [0.2, 0.25) is 0 Å². The Balaban J connectivity index is 2.50. The minimum Gasteiger partial charge on any atom is -0.462 e. The van der Waals surface area contributed by atoms with Crippen LogP contribution < -0.4 is 0 Å². The Morgan fingerprint density at radius 1 is 1.24 bits per heavy atom. The van der Waals surface area contributed by atoms with E-state index in [-0.39, 0.29) is 13.2 Å². The van der Waals surface area contributed by atoms with Crippen molar-refractivity contribution in [3.05, 3.63) is 69.0 Å². The van der Waals surface area contributed by atoms with E-state index >= 15 is 0 Å². The number of carbonyl (C=O) groups is 2. The summed E-state index contributed by atoms with van der Waals surface area (Å²) in [5.74, 6) is -2.21. The summed E-state index contributed by atoms with van der Waals surface area (Å²) in [6.07, 6.45) is 3.29. The molecule has 1 aromatic rings. The Morgan fingerprint density at radius 3 is 2.52 bits per heavy atom. The number of benzene rings is 1. The molecule has 1 aliphatic heterocycles. The Bertz CT molecular complexity index is 863. The fourth-order valence-electron chi connectivity index (χ4n) is 2.67. The maximum absolute atomic E-state index is 12.6. The zero-order valence-electron chi connectivity index (χ0n) is 15.8. The third kappa shape index (κ3) is 4.90. The fourth-order valence-corrected chi connectivity index (χ4v) is 2.67. The van der Waals surface area contributed by atoms with Crippen molar-refractivity contribution in [2.24, 2.45) is 10.5 Å². The summed E-state index contributed by atoms with van der Waals surface area (Å²) in [4.78, 5) is 43.9. The van der Waals surface area contributed by atoms with Gasteiger partial charge in [-0.3, -0.25) is 14.5 Å². The van der Waals surface area contributed by atoms with Crippen molar-refractivity contribution >= 4 is 18.0 Å². The highest BCUT2D eigenvalue weighted by Gasteiger charge is 2.51. The monoisotopic (exact) mass is 401 g/mol. The van der Waals surface area contributed by atoms with Crippen molar-refractivity contribution in [1.29, 1.82) is 0 Å². The lowest BCUT2D eigenvalue weighted by Crippen LogP contribution is -2.63. The predicted octanol–water partition coefficient (Wildman–Crippen LogP) is 3.06. The van der Waals surface area contributed by atoms with Crippen LogP contribution in [0.25, 0.3) is 16.5 Å². The molecule has 2 rings (SSSR count). The van der Waals surface area contributed by atoms with Crippen LogP contribution in [0.5, 0.6) is 0 Å². The molecular formula is C18H19N5O6. The lowest BCUT2D eigenvalue weighted by molar-refractivity contribution is -0.153. The molecule has 0 aliphatic carbocycles. The van der Waals surface area contributed by atoms with Gasteiger partial charge in [0.05, 0.1) is 19.3 Å². The number of carbonyl (C=O) groups excluding carboxylic acids is 2. The smallest absolute Gasteiger partial charge is 0.362 e. The van der Waals surface area contributed by atoms with E-state index in [9.17, 15) is 14.5 Å². The van der Waals surface area contributed by atoms with E-state index in [1.54, 1.807) is 26.0 Å². The molecular weight excluding hydrogens is 382 g/mol. The topological polar surface area (TPSA) is 143 Å². The van der Waals surface area contributed by atoms with Gasteiger partial charge in [-0.1, -0.05) is 47.6 Å². The van der Waals surface area contributed by atoms with Gasteiger partial charge in [-0.15, -0.1) is 4.91 Å². The number of β-lactam (4-membered cyclic amide) rings is 1. The Kier molecular flexibility index (Phi) is 7.75. The minimum absolute atomic E-state index is 0.00256. The summed E-state index contributed by atoms with van der Waals surface area (Å²) in [6.45, 7) is 3.19. The summed E-state index contributed by atoms with van der Waals surface area (Å²) >= 11 is 0. The van der Waals surface area contributed by atoms with Crippen LogP contribution in [0.1, 0.15) is 19.4 Å². The highest BCUT2D eigenvalue weighted by Crippen LogP contribution is 2.32. The van der Waals surface area contributed by atoms with Gasteiger partial charge in [0.25, 0.3) is 0 Å². The molecule has 0 saturated carbocycles.